The predicted octanol–water partition coefficient (Wildman–Crippen LogP) is -0.314. The Morgan fingerprint density at radius 3 is 1.30 bits per heavy atom. The molecule has 3 heterocycles. The first kappa shape index (κ1) is 44.4. The van der Waals surface area contributed by atoms with Gasteiger partial charge in [0.25, 0.3) is 23.6 Å². The van der Waals surface area contributed by atoms with Crippen LogP contribution in [0.4, 0.5) is 0 Å². The van der Waals surface area contributed by atoms with Gasteiger partial charge in [-0.05, 0) is 12.8 Å². The van der Waals surface area contributed by atoms with Gasteiger partial charge in [0.1, 0.15) is 5.69 Å². The fraction of sp³-hybridized carbons (Fsp3) is 0.758. The molecule has 4 amide bonds. The Bertz CT molecular complexity index is 1260. The molecule has 1 aromatic rings. The molecule has 3 rings (SSSR count). The van der Waals surface area contributed by atoms with Crippen molar-refractivity contribution >= 4 is 35.6 Å². The van der Waals surface area contributed by atoms with Gasteiger partial charge in [-0.15, -0.1) is 15.2 Å². The number of unbranched alkanes of at least 4 members (excludes halogenated alkanes) is 1. The minimum absolute atomic E-state index is 0.0502. The molecule has 0 atom stereocenters. The van der Waals surface area contributed by atoms with Gasteiger partial charge in [0.2, 0.25) is 0 Å². The number of hydrogen-bond acceptors (Lipinski definition) is 18. The topological polar surface area (TPSA) is 232 Å². The van der Waals surface area contributed by atoms with Gasteiger partial charge in [-0.3, -0.25) is 23.9 Å². The molecule has 21 heteroatoms. The summed E-state index contributed by atoms with van der Waals surface area (Å²) in [5.74, 6) is -3.36. The Balaban J connectivity index is 0.966. The molecule has 2 fully saturated rings. The Hall–Kier alpha value is -3.96. The number of carbonyl (C=O) groups excluding carboxylic acids is 6. The number of aryl methyl sites for hydroxylation is 1. The molecule has 304 valence electrons. The standard InChI is InChI=1S/C33H51N5O16/c39-28-4-5-29(40)37(28)53-32(43)3-1-2-9-36-25-27(34-35-36)26-52-24-23-51-22-21-50-20-19-49-18-17-48-16-15-47-14-13-46-12-11-45-10-8-33(44)54-38-30(41)6-7-31(38)42/h25H,1-24,26H2. The first-order valence-corrected chi connectivity index (χ1v) is 18.0. The molecule has 2 aliphatic rings. The summed E-state index contributed by atoms with van der Waals surface area (Å²) in [6, 6.07) is 0. The summed E-state index contributed by atoms with van der Waals surface area (Å²) in [6.07, 6.45) is 3.14. The van der Waals surface area contributed by atoms with Crippen molar-refractivity contribution in [3.63, 3.8) is 0 Å². The SMILES string of the molecule is O=C(CCCCn1cc(COCCOCCOCCOCCOCCOCCOCCOCCC(=O)ON2C(=O)CCC2=O)nn1)ON1C(=O)CCC1=O. The zero-order valence-electron chi connectivity index (χ0n) is 30.5. The van der Waals surface area contributed by atoms with Gasteiger partial charge in [-0.1, -0.05) is 5.21 Å². The zero-order chi connectivity index (χ0) is 38.6. The van der Waals surface area contributed by atoms with Gasteiger partial charge in [0.15, 0.2) is 0 Å². The summed E-state index contributed by atoms with van der Waals surface area (Å²) < 4.78 is 45.2. The fourth-order valence-corrected chi connectivity index (χ4v) is 4.54. The number of amides is 4. The van der Waals surface area contributed by atoms with E-state index in [-0.39, 0.29) is 58.3 Å². The molecule has 21 nitrogen and oxygen atoms in total. The van der Waals surface area contributed by atoms with E-state index < -0.39 is 35.6 Å². The van der Waals surface area contributed by atoms with E-state index in [4.69, 9.17) is 47.6 Å². The smallest absolute Gasteiger partial charge is 0.335 e. The van der Waals surface area contributed by atoms with E-state index >= 15 is 0 Å². The van der Waals surface area contributed by atoms with E-state index in [2.05, 4.69) is 10.3 Å². The lowest BCUT2D eigenvalue weighted by Gasteiger charge is -2.12. The van der Waals surface area contributed by atoms with Crippen LogP contribution < -0.4 is 0 Å². The van der Waals surface area contributed by atoms with E-state index in [1.165, 1.54) is 0 Å². The maximum atomic E-state index is 11.8. The zero-order valence-corrected chi connectivity index (χ0v) is 30.5. The highest BCUT2D eigenvalue weighted by Gasteiger charge is 2.33. The molecule has 54 heavy (non-hydrogen) atoms. The Kier molecular flexibility index (Phi) is 22.7. The molecule has 0 aromatic carbocycles. The highest BCUT2D eigenvalue weighted by atomic mass is 16.7. The van der Waals surface area contributed by atoms with Crippen LogP contribution in [-0.2, 0) is 89.5 Å². The van der Waals surface area contributed by atoms with Gasteiger partial charge in [0.05, 0.1) is 118 Å². The van der Waals surface area contributed by atoms with Crippen LogP contribution in [-0.4, -0.2) is 160 Å². The maximum Gasteiger partial charge on any atom is 0.335 e. The number of ether oxygens (including phenoxy) is 8. The number of nitrogens with zero attached hydrogens (tertiary/aromatic N) is 5. The lowest BCUT2D eigenvalue weighted by Crippen LogP contribution is -2.32. The Morgan fingerprint density at radius 1 is 0.500 bits per heavy atom. The molecule has 0 radical (unpaired) electrons. The highest BCUT2D eigenvalue weighted by Crippen LogP contribution is 2.14. The van der Waals surface area contributed by atoms with Crippen LogP contribution in [0.1, 0.15) is 57.1 Å². The predicted molar refractivity (Wildman–Crippen MR) is 178 cm³/mol. The van der Waals surface area contributed by atoms with E-state index in [9.17, 15) is 28.8 Å². The number of aromatic nitrogens is 3. The molecular weight excluding hydrogens is 722 g/mol. The van der Waals surface area contributed by atoms with Crippen molar-refractivity contribution in [1.82, 2.24) is 25.1 Å². The van der Waals surface area contributed by atoms with E-state index in [0.717, 1.165) is 0 Å². The monoisotopic (exact) mass is 773 g/mol. The molecule has 0 unspecified atom stereocenters. The lowest BCUT2D eigenvalue weighted by molar-refractivity contribution is -0.198. The van der Waals surface area contributed by atoms with Gasteiger partial charge < -0.3 is 47.6 Å². The van der Waals surface area contributed by atoms with Crippen molar-refractivity contribution in [1.29, 1.82) is 0 Å². The van der Waals surface area contributed by atoms with Crippen LogP contribution >= 0.6 is 0 Å². The summed E-state index contributed by atoms with van der Waals surface area (Å²) in [7, 11) is 0. The fourth-order valence-electron chi connectivity index (χ4n) is 4.54. The minimum atomic E-state index is -0.709. The first-order valence-electron chi connectivity index (χ1n) is 18.0. The largest absolute Gasteiger partial charge is 0.378 e. The second kappa shape index (κ2) is 27.6. The van der Waals surface area contributed by atoms with Crippen LogP contribution in [0, 0.1) is 0 Å². The molecule has 0 bridgehead atoms. The molecule has 1 aromatic heterocycles. The summed E-state index contributed by atoms with van der Waals surface area (Å²) >= 11 is 0. The van der Waals surface area contributed by atoms with Crippen LogP contribution in [0.25, 0.3) is 0 Å². The minimum Gasteiger partial charge on any atom is -0.378 e. The summed E-state index contributed by atoms with van der Waals surface area (Å²) in [6.45, 7) is 6.49. The van der Waals surface area contributed by atoms with E-state index in [1.807, 2.05) is 0 Å². The molecule has 2 aliphatic heterocycles. The summed E-state index contributed by atoms with van der Waals surface area (Å²) in [5.41, 5.74) is 0.668. The molecule has 0 aliphatic carbocycles. The van der Waals surface area contributed by atoms with Gasteiger partial charge >= 0.3 is 11.9 Å². The molecule has 2 saturated heterocycles. The number of hydrogen-bond donors (Lipinski definition) is 0. The van der Waals surface area contributed by atoms with Crippen LogP contribution in [0.2, 0.25) is 0 Å². The highest BCUT2D eigenvalue weighted by molar-refractivity contribution is 6.02. The van der Waals surface area contributed by atoms with Crippen molar-refractivity contribution < 1.29 is 76.3 Å². The molecule has 0 spiro atoms. The van der Waals surface area contributed by atoms with Crippen LogP contribution in [0.15, 0.2) is 6.20 Å². The number of rotatable bonds is 33. The van der Waals surface area contributed by atoms with E-state index in [1.54, 1.807) is 10.9 Å². The second-order valence-corrected chi connectivity index (χ2v) is 11.6. The number of imide groups is 2. The van der Waals surface area contributed by atoms with E-state index in [0.29, 0.717) is 121 Å². The third-order valence-corrected chi connectivity index (χ3v) is 7.31. The van der Waals surface area contributed by atoms with Gasteiger partial charge in [-0.2, -0.15) is 0 Å². The van der Waals surface area contributed by atoms with Crippen molar-refractivity contribution in [3.05, 3.63) is 11.9 Å². The third-order valence-electron chi connectivity index (χ3n) is 7.31. The summed E-state index contributed by atoms with van der Waals surface area (Å²) in [4.78, 5) is 78.9. The number of hydroxylamine groups is 4. The average molecular weight is 774 g/mol. The average Bonchev–Trinajstić information content (AvgIpc) is 3.84. The Labute approximate surface area is 312 Å². The van der Waals surface area contributed by atoms with Crippen molar-refractivity contribution in [3.8, 4) is 0 Å². The van der Waals surface area contributed by atoms with Crippen molar-refractivity contribution in [2.24, 2.45) is 0 Å². The first-order chi connectivity index (χ1) is 26.3. The van der Waals surface area contributed by atoms with Gasteiger partial charge in [-0.25, -0.2) is 9.59 Å². The number of carbonyl (C=O) groups is 6. The molecular formula is C33H51N5O16. The van der Waals surface area contributed by atoms with Crippen molar-refractivity contribution in [2.75, 3.05) is 99.1 Å². The van der Waals surface area contributed by atoms with Gasteiger partial charge in [0, 0.05) is 38.6 Å². The molecule has 0 N–H and O–H groups in total. The third kappa shape index (κ3) is 19.4. The maximum absolute atomic E-state index is 11.8. The lowest BCUT2D eigenvalue weighted by atomic mass is 10.2. The quantitative estimate of drug-likeness (QED) is 0.0658. The Morgan fingerprint density at radius 2 is 0.870 bits per heavy atom. The van der Waals surface area contributed by atoms with Crippen LogP contribution in [0.3, 0.4) is 0 Å². The summed E-state index contributed by atoms with van der Waals surface area (Å²) in [5, 5.41) is 9.16. The second-order valence-electron chi connectivity index (χ2n) is 11.6. The van der Waals surface area contributed by atoms with Crippen LogP contribution in [0.5, 0.6) is 0 Å². The normalized spacial score (nSPS) is 14.5. The van der Waals surface area contributed by atoms with Crippen molar-refractivity contribution in [2.45, 2.75) is 64.5 Å². The molecule has 0 saturated carbocycles.